The second-order valence-electron chi connectivity index (χ2n) is 6.16. The van der Waals surface area contributed by atoms with Gasteiger partial charge in [-0.25, -0.2) is 9.40 Å². The van der Waals surface area contributed by atoms with Crippen LogP contribution in [0.3, 0.4) is 0 Å². The number of Topliss-reactive ketones (excluding diaryl/α,β-unsaturated/α-hetero) is 1. The Labute approximate surface area is 140 Å². The Morgan fingerprint density at radius 2 is 2.04 bits per heavy atom. The maximum Gasteiger partial charge on any atom is 0.161 e. The number of hydrogen-bond donors (Lipinski definition) is 1. The van der Waals surface area contributed by atoms with Gasteiger partial charge in [0.2, 0.25) is 0 Å². The third-order valence-corrected chi connectivity index (χ3v) is 4.50. The molecule has 1 aromatic rings. The van der Waals surface area contributed by atoms with Gasteiger partial charge in [-0.3, -0.25) is 9.80 Å². The molecule has 1 unspecified atom stereocenters. The van der Waals surface area contributed by atoms with Crippen molar-refractivity contribution in [2.24, 2.45) is 5.73 Å². The van der Waals surface area contributed by atoms with Crippen molar-refractivity contribution < 1.29 is 9.18 Å². The molecule has 1 aromatic carbocycles. The van der Waals surface area contributed by atoms with E-state index in [1.807, 2.05) is 0 Å². The molecule has 0 aromatic heterocycles. The van der Waals surface area contributed by atoms with Crippen LogP contribution in [-0.4, -0.2) is 29.9 Å². The quantitative estimate of drug-likeness (QED) is 0.903. The number of hydrazine groups is 1. The lowest BCUT2D eigenvalue weighted by atomic mass is 9.76. The van der Waals surface area contributed by atoms with E-state index in [0.717, 1.165) is 12.1 Å². The second kappa shape index (κ2) is 6.10. The fourth-order valence-electron chi connectivity index (χ4n) is 3.54. The Hall–Kier alpha value is -2.65. The zero-order valence-corrected chi connectivity index (χ0v) is 13.7. The number of rotatable bonds is 2. The first-order valence-corrected chi connectivity index (χ1v) is 7.85. The van der Waals surface area contributed by atoms with Gasteiger partial charge in [-0.2, -0.15) is 5.26 Å². The van der Waals surface area contributed by atoms with Crippen LogP contribution < -0.4 is 5.73 Å². The third-order valence-electron chi connectivity index (χ3n) is 4.50. The second-order valence-corrected chi connectivity index (χ2v) is 6.16. The molecular formula is C18H19FN4O. The van der Waals surface area contributed by atoms with Crippen molar-refractivity contribution in [3.8, 4) is 6.07 Å². The molecule has 0 saturated heterocycles. The summed E-state index contributed by atoms with van der Waals surface area (Å²) in [6, 6.07) is 8.35. The summed E-state index contributed by atoms with van der Waals surface area (Å²) in [7, 11) is 3.60. The number of hydrogen-bond acceptors (Lipinski definition) is 5. The van der Waals surface area contributed by atoms with Crippen molar-refractivity contribution in [3.05, 3.63) is 58.3 Å². The Balaban J connectivity index is 2.30. The highest BCUT2D eigenvalue weighted by molar-refractivity contribution is 5.99. The number of ketones is 1. The molecule has 0 bridgehead atoms. The summed E-state index contributed by atoms with van der Waals surface area (Å²) in [6.45, 7) is 0. The normalized spacial score (nSPS) is 21.2. The minimum atomic E-state index is -0.741. The summed E-state index contributed by atoms with van der Waals surface area (Å²) >= 11 is 0. The number of allylic oxidation sites excluding steroid dienone is 3. The van der Waals surface area contributed by atoms with Crippen molar-refractivity contribution in [3.63, 3.8) is 0 Å². The van der Waals surface area contributed by atoms with Gasteiger partial charge in [0.1, 0.15) is 11.6 Å². The fraction of sp³-hybridized carbons (Fsp3) is 0.333. The van der Waals surface area contributed by atoms with Crippen LogP contribution in [0.25, 0.3) is 0 Å². The van der Waals surface area contributed by atoms with E-state index < -0.39 is 11.7 Å². The molecule has 2 aliphatic rings. The Morgan fingerprint density at radius 3 is 2.67 bits per heavy atom. The first-order valence-electron chi connectivity index (χ1n) is 7.85. The number of halogens is 1. The largest absolute Gasteiger partial charge is 0.383 e. The smallest absolute Gasteiger partial charge is 0.161 e. The first kappa shape index (κ1) is 16.2. The molecule has 1 heterocycles. The lowest BCUT2D eigenvalue weighted by Crippen LogP contribution is -2.45. The summed E-state index contributed by atoms with van der Waals surface area (Å²) in [4.78, 5) is 12.7. The summed E-state index contributed by atoms with van der Waals surface area (Å²) in [5.41, 5.74) is 8.02. The summed E-state index contributed by atoms with van der Waals surface area (Å²) in [6.07, 6.45) is 1.80. The van der Waals surface area contributed by atoms with E-state index in [-0.39, 0.29) is 17.2 Å². The minimum Gasteiger partial charge on any atom is -0.383 e. The summed E-state index contributed by atoms with van der Waals surface area (Å²) in [5, 5.41) is 13.1. The Bertz CT molecular complexity index is 803. The van der Waals surface area contributed by atoms with Crippen LogP contribution in [-0.2, 0) is 4.79 Å². The van der Waals surface area contributed by atoms with Crippen molar-refractivity contribution in [1.82, 2.24) is 10.0 Å². The SMILES string of the molecule is CN(C)N1C(N)=C(C#N)C(c2ccccc2F)C2=C1CCCC2=O. The average Bonchev–Trinajstić information content (AvgIpc) is 2.54. The molecule has 0 saturated carbocycles. The lowest BCUT2D eigenvalue weighted by molar-refractivity contribution is -0.116. The van der Waals surface area contributed by atoms with Gasteiger partial charge in [0, 0.05) is 37.3 Å². The maximum absolute atomic E-state index is 14.4. The number of nitrogens with zero attached hydrogens (tertiary/aromatic N) is 3. The fourth-order valence-corrected chi connectivity index (χ4v) is 3.54. The molecule has 5 nitrogen and oxygen atoms in total. The molecule has 2 N–H and O–H groups in total. The van der Waals surface area contributed by atoms with E-state index in [4.69, 9.17) is 5.73 Å². The van der Waals surface area contributed by atoms with Crippen LogP contribution in [0.5, 0.6) is 0 Å². The molecule has 0 spiro atoms. The predicted octanol–water partition coefficient (Wildman–Crippen LogP) is 2.40. The average molecular weight is 326 g/mol. The first-order chi connectivity index (χ1) is 11.5. The topological polar surface area (TPSA) is 73.4 Å². The number of benzene rings is 1. The standard InChI is InChI=1S/C18H19FN4O/c1-22(2)23-14-8-5-9-15(24)17(14)16(12(10-20)18(23)21)11-6-3-4-7-13(11)19/h3-4,6-7,16H,5,8-9,21H2,1-2H3. The molecule has 6 heteroatoms. The third kappa shape index (κ3) is 2.38. The van der Waals surface area contributed by atoms with Crippen molar-refractivity contribution in [2.75, 3.05) is 14.1 Å². The van der Waals surface area contributed by atoms with E-state index in [2.05, 4.69) is 6.07 Å². The number of nitrogens with two attached hydrogens (primary N) is 1. The molecule has 3 rings (SSSR count). The molecular weight excluding hydrogens is 307 g/mol. The van der Waals surface area contributed by atoms with Crippen LogP contribution in [0.15, 0.2) is 46.9 Å². The highest BCUT2D eigenvalue weighted by Crippen LogP contribution is 2.45. The molecule has 24 heavy (non-hydrogen) atoms. The number of nitriles is 1. The lowest BCUT2D eigenvalue weighted by Gasteiger charge is -2.42. The maximum atomic E-state index is 14.4. The molecule has 0 fully saturated rings. The van der Waals surface area contributed by atoms with Crippen LogP contribution in [0.4, 0.5) is 4.39 Å². The van der Waals surface area contributed by atoms with Gasteiger partial charge in [-0.1, -0.05) is 18.2 Å². The van der Waals surface area contributed by atoms with E-state index >= 15 is 0 Å². The molecule has 124 valence electrons. The molecule has 0 radical (unpaired) electrons. The summed E-state index contributed by atoms with van der Waals surface area (Å²) < 4.78 is 14.4. The number of carbonyl (C=O) groups excluding carboxylic acids is 1. The molecule has 1 aliphatic carbocycles. The highest BCUT2D eigenvalue weighted by Gasteiger charge is 2.41. The Morgan fingerprint density at radius 1 is 1.33 bits per heavy atom. The van der Waals surface area contributed by atoms with E-state index in [0.29, 0.717) is 24.0 Å². The van der Waals surface area contributed by atoms with Crippen LogP contribution >= 0.6 is 0 Å². The zero-order valence-electron chi connectivity index (χ0n) is 13.7. The predicted molar refractivity (Wildman–Crippen MR) is 87.4 cm³/mol. The van der Waals surface area contributed by atoms with E-state index in [1.165, 1.54) is 6.07 Å². The minimum absolute atomic E-state index is 0.0448. The van der Waals surface area contributed by atoms with Gasteiger partial charge < -0.3 is 5.73 Å². The van der Waals surface area contributed by atoms with Crippen LogP contribution in [0, 0.1) is 17.1 Å². The highest BCUT2D eigenvalue weighted by atomic mass is 19.1. The Kier molecular flexibility index (Phi) is 4.12. The summed E-state index contributed by atoms with van der Waals surface area (Å²) in [5.74, 6) is -0.970. The zero-order chi connectivity index (χ0) is 17.4. The molecule has 1 atom stereocenters. The van der Waals surface area contributed by atoms with Crippen molar-refractivity contribution in [1.29, 1.82) is 5.26 Å². The van der Waals surface area contributed by atoms with Crippen LogP contribution in [0.1, 0.15) is 30.7 Å². The van der Waals surface area contributed by atoms with Crippen molar-refractivity contribution in [2.45, 2.75) is 25.2 Å². The monoisotopic (exact) mass is 326 g/mol. The van der Waals surface area contributed by atoms with Gasteiger partial charge in [-0.05, 0) is 18.9 Å². The van der Waals surface area contributed by atoms with Gasteiger partial charge in [0.15, 0.2) is 5.78 Å². The van der Waals surface area contributed by atoms with Crippen LogP contribution in [0.2, 0.25) is 0 Å². The van der Waals surface area contributed by atoms with Gasteiger partial charge in [-0.15, -0.1) is 0 Å². The van der Waals surface area contributed by atoms with Gasteiger partial charge in [0.05, 0.1) is 17.6 Å². The van der Waals surface area contributed by atoms with Gasteiger partial charge >= 0.3 is 0 Å². The van der Waals surface area contributed by atoms with E-state index in [9.17, 15) is 14.4 Å². The van der Waals surface area contributed by atoms with Gasteiger partial charge in [0.25, 0.3) is 0 Å². The van der Waals surface area contributed by atoms with E-state index in [1.54, 1.807) is 42.3 Å². The van der Waals surface area contributed by atoms with Crippen molar-refractivity contribution >= 4 is 5.78 Å². The molecule has 0 amide bonds. The number of carbonyl (C=O) groups is 1. The molecule has 1 aliphatic heterocycles.